The van der Waals surface area contributed by atoms with E-state index in [-0.39, 0.29) is 5.91 Å². The number of H-pyrrole nitrogens is 1. The standard InChI is InChI=1S/C15H18N4O/c16-11-9-14(17-10-11)15(20)18-12-3-5-13(6-4-12)19-7-1-2-8-19/h3-6,9-10,17H,1-2,7-8,16H2,(H,18,20). The Morgan fingerprint density at radius 3 is 2.50 bits per heavy atom. The first kappa shape index (κ1) is 12.6. The average Bonchev–Trinajstić information content (AvgIpc) is 3.10. The van der Waals surface area contributed by atoms with Crippen molar-refractivity contribution in [3.63, 3.8) is 0 Å². The third-order valence-corrected chi connectivity index (χ3v) is 3.55. The molecule has 0 saturated carbocycles. The molecule has 0 unspecified atom stereocenters. The molecule has 0 spiro atoms. The first-order valence-electron chi connectivity index (χ1n) is 6.82. The zero-order valence-corrected chi connectivity index (χ0v) is 11.2. The quantitative estimate of drug-likeness (QED) is 0.802. The molecule has 3 rings (SSSR count). The number of hydrogen-bond acceptors (Lipinski definition) is 3. The maximum atomic E-state index is 12.0. The molecule has 5 heteroatoms. The molecule has 0 aliphatic carbocycles. The molecule has 0 atom stereocenters. The highest BCUT2D eigenvalue weighted by molar-refractivity contribution is 6.03. The second kappa shape index (κ2) is 5.28. The van der Waals surface area contributed by atoms with Gasteiger partial charge in [-0.25, -0.2) is 0 Å². The average molecular weight is 270 g/mol. The molecule has 0 bridgehead atoms. The van der Waals surface area contributed by atoms with Crippen molar-refractivity contribution in [2.24, 2.45) is 0 Å². The minimum atomic E-state index is -0.185. The van der Waals surface area contributed by atoms with Crippen LogP contribution in [-0.2, 0) is 0 Å². The van der Waals surface area contributed by atoms with Crippen LogP contribution >= 0.6 is 0 Å². The molecule has 1 aromatic carbocycles. The van der Waals surface area contributed by atoms with E-state index >= 15 is 0 Å². The zero-order valence-electron chi connectivity index (χ0n) is 11.2. The first-order valence-corrected chi connectivity index (χ1v) is 6.82. The van der Waals surface area contributed by atoms with Crippen LogP contribution in [0.15, 0.2) is 36.5 Å². The van der Waals surface area contributed by atoms with Crippen LogP contribution in [-0.4, -0.2) is 24.0 Å². The zero-order chi connectivity index (χ0) is 13.9. The fourth-order valence-electron chi connectivity index (χ4n) is 2.47. The number of nitrogens with two attached hydrogens (primary N) is 1. The van der Waals surface area contributed by atoms with Crippen LogP contribution in [0.25, 0.3) is 0 Å². The van der Waals surface area contributed by atoms with Crippen molar-refractivity contribution in [2.45, 2.75) is 12.8 Å². The lowest BCUT2D eigenvalue weighted by Gasteiger charge is -2.17. The summed E-state index contributed by atoms with van der Waals surface area (Å²) in [6.45, 7) is 2.24. The van der Waals surface area contributed by atoms with Gasteiger partial charge in [0.25, 0.3) is 5.91 Å². The number of nitrogens with zero attached hydrogens (tertiary/aromatic N) is 1. The van der Waals surface area contributed by atoms with Gasteiger partial charge in [0, 0.05) is 36.3 Å². The number of nitrogen functional groups attached to an aromatic ring is 1. The van der Waals surface area contributed by atoms with Gasteiger partial charge in [-0.15, -0.1) is 0 Å². The van der Waals surface area contributed by atoms with E-state index in [2.05, 4.69) is 15.2 Å². The predicted molar refractivity (Wildman–Crippen MR) is 81.0 cm³/mol. The van der Waals surface area contributed by atoms with Gasteiger partial charge in [-0.3, -0.25) is 4.79 Å². The highest BCUT2D eigenvalue weighted by Crippen LogP contribution is 2.22. The third-order valence-electron chi connectivity index (χ3n) is 3.55. The summed E-state index contributed by atoms with van der Waals surface area (Å²) < 4.78 is 0. The number of carbonyl (C=O) groups excluding carboxylic acids is 1. The second-order valence-electron chi connectivity index (χ2n) is 5.04. The summed E-state index contributed by atoms with van der Waals surface area (Å²) >= 11 is 0. The highest BCUT2D eigenvalue weighted by Gasteiger charge is 2.12. The maximum Gasteiger partial charge on any atom is 0.272 e. The molecular formula is C15H18N4O. The lowest BCUT2D eigenvalue weighted by Crippen LogP contribution is -2.17. The van der Waals surface area contributed by atoms with E-state index in [0.29, 0.717) is 11.4 Å². The van der Waals surface area contributed by atoms with Gasteiger partial charge in [-0.2, -0.15) is 0 Å². The van der Waals surface area contributed by atoms with Crippen molar-refractivity contribution in [1.29, 1.82) is 0 Å². The summed E-state index contributed by atoms with van der Waals surface area (Å²) in [7, 11) is 0. The number of aromatic nitrogens is 1. The van der Waals surface area contributed by atoms with Gasteiger partial charge in [0.1, 0.15) is 5.69 Å². The van der Waals surface area contributed by atoms with Crippen LogP contribution < -0.4 is 16.0 Å². The number of benzene rings is 1. The SMILES string of the molecule is Nc1c[nH]c(C(=O)Nc2ccc(N3CCCC3)cc2)c1. The minimum absolute atomic E-state index is 0.185. The van der Waals surface area contributed by atoms with E-state index < -0.39 is 0 Å². The van der Waals surface area contributed by atoms with Crippen molar-refractivity contribution < 1.29 is 4.79 Å². The summed E-state index contributed by atoms with van der Waals surface area (Å²) in [5.41, 5.74) is 8.60. The summed E-state index contributed by atoms with van der Waals surface area (Å²) in [4.78, 5) is 17.2. The van der Waals surface area contributed by atoms with Crippen molar-refractivity contribution in [1.82, 2.24) is 4.98 Å². The minimum Gasteiger partial charge on any atom is -0.397 e. The molecule has 1 fully saturated rings. The van der Waals surface area contributed by atoms with Gasteiger partial charge < -0.3 is 20.9 Å². The van der Waals surface area contributed by atoms with E-state index in [9.17, 15) is 4.79 Å². The van der Waals surface area contributed by atoms with Gasteiger partial charge >= 0.3 is 0 Å². The monoisotopic (exact) mass is 270 g/mol. The predicted octanol–water partition coefficient (Wildman–Crippen LogP) is 2.45. The first-order chi connectivity index (χ1) is 9.72. The Morgan fingerprint density at radius 1 is 1.20 bits per heavy atom. The third kappa shape index (κ3) is 2.61. The number of carbonyl (C=O) groups is 1. The number of hydrogen-bond donors (Lipinski definition) is 3. The van der Waals surface area contributed by atoms with Crippen LogP contribution in [0.1, 0.15) is 23.3 Å². The van der Waals surface area contributed by atoms with Gasteiger partial charge in [0.2, 0.25) is 0 Å². The summed E-state index contributed by atoms with van der Waals surface area (Å²) in [5, 5.41) is 2.85. The number of anilines is 3. The number of rotatable bonds is 3. The van der Waals surface area contributed by atoms with Crippen molar-refractivity contribution >= 4 is 23.0 Å². The summed E-state index contributed by atoms with van der Waals surface area (Å²) in [6.07, 6.45) is 4.12. The molecule has 4 N–H and O–H groups in total. The number of amides is 1. The van der Waals surface area contributed by atoms with Crippen molar-refractivity contribution in [3.05, 3.63) is 42.2 Å². The van der Waals surface area contributed by atoms with E-state index in [1.54, 1.807) is 12.3 Å². The molecule has 20 heavy (non-hydrogen) atoms. The maximum absolute atomic E-state index is 12.0. The second-order valence-corrected chi connectivity index (χ2v) is 5.04. The smallest absolute Gasteiger partial charge is 0.272 e. The Bertz CT molecular complexity index is 597. The van der Waals surface area contributed by atoms with Gasteiger partial charge in [-0.05, 0) is 43.2 Å². The Labute approximate surface area is 117 Å². The molecule has 1 saturated heterocycles. The van der Waals surface area contributed by atoms with E-state index in [0.717, 1.165) is 18.8 Å². The molecule has 1 aliphatic heterocycles. The van der Waals surface area contributed by atoms with E-state index in [4.69, 9.17) is 5.73 Å². The van der Waals surface area contributed by atoms with Crippen LogP contribution in [0.4, 0.5) is 17.1 Å². The van der Waals surface area contributed by atoms with Crippen molar-refractivity contribution in [3.8, 4) is 0 Å². The van der Waals surface area contributed by atoms with Gasteiger partial charge in [0.15, 0.2) is 0 Å². The van der Waals surface area contributed by atoms with Gasteiger partial charge in [-0.1, -0.05) is 0 Å². The summed E-state index contributed by atoms with van der Waals surface area (Å²) in [5.74, 6) is -0.185. The van der Waals surface area contributed by atoms with Crippen LogP contribution in [0.2, 0.25) is 0 Å². The van der Waals surface area contributed by atoms with E-state index in [1.165, 1.54) is 18.5 Å². The molecule has 2 aromatic rings. The lowest BCUT2D eigenvalue weighted by atomic mass is 10.2. The lowest BCUT2D eigenvalue weighted by molar-refractivity contribution is 0.102. The fourth-order valence-corrected chi connectivity index (χ4v) is 2.47. The Morgan fingerprint density at radius 2 is 1.90 bits per heavy atom. The summed E-state index contributed by atoms with van der Waals surface area (Å²) in [6, 6.07) is 9.57. The largest absolute Gasteiger partial charge is 0.397 e. The van der Waals surface area contributed by atoms with Crippen LogP contribution in [0.5, 0.6) is 0 Å². The molecule has 0 radical (unpaired) electrons. The Hall–Kier alpha value is -2.43. The van der Waals surface area contributed by atoms with E-state index in [1.807, 2.05) is 24.3 Å². The molecule has 1 aromatic heterocycles. The normalized spacial score (nSPS) is 14.5. The van der Waals surface area contributed by atoms with Crippen LogP contribution in [0, 0.1) is 0 Å². The molecule has 2 heterocycles. The number of aromatic amines is 1. The van der Waals surface area contributed by atoms with Crippen molar-refractivity contribution in [2.75, 3.05) is 29.0 Å². The Kier molecular flexibility index (Phi) is 3.33. The Balaban J connectivity index is 1.67. The fraction of sp³-hybridized carbons (Fsp3) is 0.267. The molecule has 5 nitrogen and oxygen atoms in total. The topological polar surface area (TPSA) is 74.1 Å². The molecular weight excluding hydrogens is 252 g/mol. The van der Waals surface area contributed by atoms with Gasteiger partial charge in [0.05, 0.1) is 0 Å². The molecule has 1 amide bonds. The molecule has 1 aliphatic rings. The van der Waals surface area contributed by atoms with Crippen LogP contribution in [0.3, 0.4) is 0 Å². The highest BCUT2D eigenvalue weighted by atomic mass is 16.1. The number of nitrogens with one attached hydrogen (secondary N) is 2. The molecule has 104 valence electrons.